The number of anilines is 1. The second-order valence-electron chi connectivity index (χ2n) is 9.16. The summed E-state index contributed by atoms with van der Waals surface area (Å²) in [6.45, 7) is -0.113. The summed E-state index contributed by atoms with van der Waals surface area (Å²) in [4.78, 5) is 27.2. The van der Waals surface area contributed by atoms with E-state index >= 15 is 0 Å². The third-order valence-corrected chi connectivity index (χ3v) is 7.40. The van der Waals surface area contributed by atoms with Gasteiger partial charge < -0.3 is 20.6 Å². The smallest absolute Gasteiger partial charge is 0.369 e. The van der Waals surface area contributed by atoms with Gasteiger partial charge in [-0.3, -0.25) is 4.79 Å². The van der Waals surface area contributed by atoms with Crippen LogP contribution in [-0.4, -0.2) is 55.0 Å². The second-order valence-corrected chi connectivity index (χ2v) is 11.2. The fourth-order valence-electron chi connectivity index (χ4n) is 4.11. The molecule has 0 spiro atoms. The molecule has 3 amide bonds. The van der Waals surface area contributed by atoms with Crippen LogP contribution >= 0.6 is 0 Å². The quantitative estimate of drug-likeness (QED) is 0.478. The third kappa shape index (κ3) is 5.04. The van der Waals surface area contributed by atoms with E-state index < -0.39 is 51.3 Å². The lowest BCUT2D eigenvalue weighted by Gasteiger charge is -2.32. The average Bonchev–Trinajstić information content (AvgIpc) is 3.52. The number of sulfone groups is 1. The molecule has 3 N–H and O–H groups in total. The molecule has 8 nitrogen and oxygen atoms in total. The predicted octanol–water partition coefficient (Wildman–Crippen LogP) is 3.77. The lowest BCUT2D eigenvalue weighted by molar-refractivity contribution is -0.376. The van der Waals surface area contributed by atoms with E-state index in [1.165, 1.54) is 18.2 Å². The van der Waals surface area contributed by atoms with Crippen LogP contribution in [-0.2, 0) is 26.8 Å². The average molecular weight is 565 g/mol. The summed E-state index contributed by atoms with van der Waals surface area (Å²) >= 11 is 0. The van der Waals surface area contributed by atoms with E-state index in [0.717, 1.165) is 36.1 Å². The SMILES string of the molecule is CS(=O)(=O)c1ccc2c(c1)CN(C(=O)NC1CC1)C2C(=O)Nc1ccc(C(O)(C(F)(F)F)C(F)(F)F)cc1. The molecule has 0 aromatic heterocycles. The fourth-order valence-corrected chi connectivity index (χ4v) is 4.78. The number of nitrogens with one attached hydrogen (secondary N) is 2. The maximum absolute atomic E-state index is 13.2. The van der Waals surface area contributed by atoms with E-state index in [4.69, 9.17) is 0 Å². The van der Waals surface area contributed by atoms with Gasteiger partial charge in [0.05, 0.1) is 4.90 Å². The number of urea groups is 1. The number of amides is 3. The number of aliphatic hydroxyl groups is 1. The Balaban J connectivity index is 1.63. The number of benzene rings is 2. The number of carbonyl (C=O) groups excluding carboxylic acids is 2. The van der Waals surface area contributed by atoms with Gasteiger partial charge in [-0.2, -0.15) is 26.3 Å². The molecule has 0 bridgehead atoms. The van der Waals surface area contributed by atoms with Crippen LogP contribution in [0.4, 0.5) is 36.8 Å². The van der Waals surface area contributed by atoms with Gasteiger partial charge in [-0.15, -0.1) is 0 Å². The molecule has 1 heterocycles. The topological polar surface area (TPSA) is 116 Å². The minimum atomic E-state index is -6.07. The van der Waals surface area contributed by atoms with Crippen molar-refractivity contribution in [2.45, 2.75) is 54.3 Å². The normalized spacial score (nSPS) is 18.2. The van der Waals surface area contributed by atoms with Crippen molar-refractivity contribution in [3.8, 4) is 0 Å². The van der Waals surface area contributed by atoms with E-state index in [1.807, 2.05) is 0 Å². The molecule has 38 heavy (non-hydrogen) atoms. The summed E-state index contributed by atoms with van der Waals surface area (Å²) in [7, 11) is -3.59. The first-order chi connectivity index (χ1) is 17.4. The highest BCUT2D eigenvalue weighted by Gasteiger charge is 2.71. The highest BCUT2D eigenvalue weighted by Crippen LogP contribution is 2.50. The van der Waals surface area contributed by atoms with Gasteiger partial charge >= 0.3 is 18.4 Å². The lowest BCUT2D eigenvalue weighted by atomic mass is 9.92. The highest BCUT2D eigenvalue weighted by atomic mass is 32.2. The Labute approximate surface area is 212 Å². The van der Waals surface area contributed by atoms with Crippen molar-refractivity contribution < 1.29 is 49.5 Å². The van der Waals surface area contributed by atoms with E-state index in [9.17, 15) is 49.5 Å². The Morgan fingerprint density at radius 1 is 0.974 bits per heavy atom. The molecule has 1 unspecified atom stereocenters. The Kier molecular flexibility index (Phi) is 6.67. The molecular formula is C23H21F6N3O5S. The lowest BCUT2D eigenvalue weighted by Crippen LogP contribution is -2.53. The summed E-state index contributed by atoms with van der Waals surface area (Å²) < 4.78 is 103. The predicted molar refractivity (Wildman–Crippen MR) is 120 cm³/mol. The zero-order valence-corrected chi connectivity index (χ0v) is 20.3. The van der Waals surface area contributed by atoms with Crippen molar-refractivity contribution in [2.75, 3.05) is 11.6 Å². The van der Waals surface area contributed by atoms with E-state index in [2.05, 4.69) is 10.6 Å². The van der Waals surface area contributed by atoms with Gasteiger partial charge in [0.1, 0.15) is 6.04 Å². The van der Waals surface area contributed by atoms with Crippen LogP contribution in [0.3, 0.4) is 0 Å². The minimum absolute atomic E-state index is 0.0303. The van der Waals surface area contributed by atoms with Crippen molar-refractivity contribution in [2.24, 2.45) is 0 Å². The summed E-state index contributed by atoms with van der Waals surface area (Å²) in [5, 5.41) is 14.6. The minimum Gasteiger partial charge on any atom is -0.369 e. The molecule has 206 valence electrons. The van der Waals surface area contributed by atoms with Gasteiger partial charge in [0.2, 0.25) is 0 Å². The Bertz CT molecular complexity index is 1360. The number of alkyl halides is 6. The highest BCUT2D eigenvalue weighted by molar-refractivity contribution is 7.90. The molecule has 1 atom stereocenters. The fraction of sp³-hybridized carbons (Fsp3) is 0.391. The second kappa shape index (κ2) is 9.15. The van der Waals surface area contributed by atoms with E-state index in [1.54, 1.807) is 0 Å². The maximum Gasteiger partial charge on any atom is 0.430 e. The zero-order chi connectivity index (χ0) is 28.3. The molecule has 1 saturated carbocycles. The molecule has 15 heteroatoms. The van der Waals surface area contributed by atoms with Crippen molar-refractivity contribution in [3.05, 3.63) is 59.2 Å². The van der Waals surface area contributed by atoms with Crippen LogP contribution < -0.4 is 10.6 Å². The number of halogens is 6. The summed E-state index contributed by atoms with van der Waals surface area (Å²) in [5.74, 6) is -0.837. The number of hydrogen-bond acceptors (Lipinski definition) is 5. The van der Waals surface area contributed by atoms with Crippen LogP contribution in [0.1, 0.15) is 35.6 Å². The summed E-state index contributed by atoms with van der Waals surface area (Å²) in [6.07, 6.45) is -9.65. The third-order valence-electron chi connectivity index (χ3n) is 6.29. The van der Waals surface area contributed by atoms with Gasteiger partial charge in [-0.05, 0) is 48.2 Å². The number of fused-ring (bicyclic) bond motifs is 1. The molecule has 1 aliphatic heterocycles. The molecule has 2 aromatic rings. The Morgan fingerprint density at radius 2 is 1.55 bits per heavy atom. The Morgan fingerprint density at radius 3 is 2.05 bits per heavy atom. The maximum atomic E-state index is 13.2. The van der Waals surface area contributed by atoms with Crippen LogP contribution in [0.15, 0.2) is 47.4 Å². The molecule has 4 rings (SSSR count). The van der Waals surface area contributed by atoms with Crippen LogP contribution in [0.5, 0.6) is 0 Å². The molecule has 0 saturated heterocycles. The van der Waals surface area contributed by atoms with E-state index in [-0.39, 0.29) is 23.2 Å². The van der Waals surface area contributed by atoms with Gasteiger partial charge in [0.15, 0.2) is 9.84 Å². The molecule has 1 fully saturated rings. The molecular weight excluding hydrogens is 544 g/mol. The van der Waals surface area contributed by atoms with Crippen molar-refractivity contribution in [1.82, 2.24) is 10.2 Å². The molecule has 0 radical (unpaired) electrons. The largest absolute Gasteiger partial charge is 0.430 e. The van der Waals surface area contributed by atoms with Gasteiger partial charge in [-0.1, -0.05) is 18.2 Å². The van der Waals surface area contributed by atoms with E-state index in [0.29, 0.717) is 23.3 Å². The van der Waals surface area contributed by atoms with Crippen LogP contribution in [0.2, 0.25) is 0 Å². The number of rotatable bonds is 5. The first-order valence-corrected chi connectivity index (χ1v) is 13.0. The number of hydrogen-bond donors (Lipinski definition) is 3. The van der Waals surface area contributed by atoms with Gasteiger partial charge in [0.25, 0.3) is 11.5 Å². The Hall–Kier alpha value is -3.33. The zero-order valence-electron chi connectivity index (χ0n) is 19.5. The first kappa shape index (κ1) is 27.7. The monoisotopic (exact) mass is 565 g/mol. The summed E-state index contributed by atoms with van der Waals surface area (Å²) in [5.41, 5.74) is -6.13. The molecule has 2 aliphatic rings. The number of carbonyl (C=O) groups is 2. The molecule has 2 aromatic carbocycles. The van der Waals surface area contributed by atoms with Gasteiger partial charge in [0, 0.05) is 30.1 Å². The van der Waals surface area contributed by atoms with Gasteiger partial charge in [-0.25, -0.2) is 13.2 Å². The molecule has 1 aliphatic carbocycles. The van der Waals surface area contributed by atoms with Crippen LogP contribution in [0.25, 0.3) is 0 Å². The van der Waals surface area contributed by atoms with Crippen molar-refractivity contribution in [3.63, 3.8) is 0 Å². The standard InChI is InChI=1S/C23H21F6N3O5S/c1-38(36,37)16-8-9-17-12(10-16)11-32(20(34)31-15-6-7-15)18(17)19(33)30-14-4-2-13(3-5-14)21(35,22(24,25)26)23(27,28)29/h2-5,8-10,15,18,35H,6-7,11H2,1H3,(H,30,33)(H,31,34). The summed E-state index contributed by atoms with van der Waals surface area (Å²) in [6, 6.07) is 4.31. The first-order valence-electron chi connectivity index (χ1n) is 11.1. The van der Waals surface area contributed by atoms with Crippen molar-refractivity contribution in [1.29, 1.82) is 0 Å². The van der Waals surface area contributed by atoms with Crippen LogP contribution in [0, 0.1) is 0 Å². The van der Waals surface area contributed by atoms with Crippen molar-refractivity contribution >= 4 is 27.5 Å². The number of nitrogens with zero attached hydrogens (tertiary/aromatic N) is 1.